The molecule has 2 atom stereocenters. The van der Waals surface area contributed by atoms with Gasteiger partial charge in [0, 0.05) is 32.0 Å². The number of methoxy groups -OCH3 is 1. The summed E-state index contributed by atoms with van der Waals surface area (Å²) in [6.45, 7) is 1.72. The Balaban J connectivity index is 1.99. The average molecular weight is 290 g/mol. The largest absolute Gasteiger partial charge is 0.373 e. The van der Waals surface area contributed by atoms with Crippen LogP contribution >= 0.6 is 0 Å². The molecule has 1 aromatic heterocycles. The van der Waals surface area contributed by atoms with Gasteiger partial charge in [0.25, 0.3) is 0 Å². The van der Waals surface area contributed by atoms with Crippen LogP contribution in [0.25, 0.3) is 11.0 Å². The van der Waals surface area contributed by atoms with Crippen molar-refractivity contribution in [2.75, 3.05) is 20.2 Å². The second-order valence-electron chi connectivity index (χ2n) is 6.11. The zero-order valence-corrected chi connectivity index (χ0v) is 12.0. The number of aromatic nitrogens is 3. The third kappa shape index (κ3) is 1.69. The van der Waals surface area contributed by atoms with Crippen molar-refractivity contribution in [1.82, 2.24) is 20.7 Å². The van der Waals surface area contributed by atoms with E-state index in [-0.39, 0.29) is 17.7 Å². The molecule has 2 heterocycles. The smallest absolute Gasteiger partial charge is 0.131 e. The van der Waals surface area contributed by atoms with Crippen molar-refractivity contribution in [2.24, 2.45) is 11.8 Å². The average Bonchev–Trinajstić information content (AvgIpc) is 2.94. The van der Waals surface area contributed by atoms with Gasteiger partial charge in [0.05, 0.1) is 11.1 Å². The van der Waals surface area contributed by atoms with Gasteiger partial charge in [-0.15, -0.1) is 5.10 Å². The van der Waals surface area contributed by atoms with E-state index in [4.69, 9.17) is 4.74 Å². The summed E-state index contributed by atoms with van der Waals surface area (Å²) in [5.74, 6) is 0.302. The van der Waals surface area contributed by atoms with Gasteiger partial charge in [-0.2, -0.15) is 0 Å². The Hall–Kier alpha value is -1.53. The number of ether oxygens (including phenoxy) is 1. The fraction of sp³-hybridized carbons (Fsp3) is 0.600. The van der Waals surface area contributed by atoms with E-state index in [2.05, 4.69) is 20.7 Å². The highest BCUT2D eigenvalue weighted by molar-refractivity contribution is 5.78. The summed E-state index contributed by atoms with van der Waals surface area (Å²) in [5.41, 5.74) is 1.37. The molecule has 6 heteroatoms. The second-order valence-corrected chi connectivity index (χ2v) is 6.11. The monoisotopic (exact) mass is 290 g/mol. The van der Waals surface area contributed by atoms with Crippen LogP contribution in [0.5, 0.6) is 0 Å². The van der Waals surface area contributed by atoms with Gasteiger partial charge in [-0.05, 0) is 25.0 Å². The first-order valence-electron chi connectivity index (χ1n) is 7.53. The highest BCUT2D eigenvalue weighted by atomic mass is 19.1. The lowest BCUT2D eigenvalue weighted by Crippen LogP contribution is -2.58. The molecule has 2 bridgehead atoms. The van der Waals surface area contributed by atoms with E-state index in [0.717, 1.165) is 31.4 Å². The lowest BCUT2D eigenvalue weighted by molar-refractivity contribution is -0.145. The Bertz CT molecular complexity index is 649. The Morgan fingerprint density at radius 3 is 2.76 bits per heavy atom. The molecule has 5 nitrogen and oxygen atoms in total. The van der Waals surface area contributed by atoms with Crippen LogP contribution in [0, 0.1) is 17.7 Å². The molecule has 1 aliphatic carbocycles. The summed E-state index contributed by atoms with van der Waals surface area (Å²) in [5, 5.41) is 14.3. The standard InChI is InChI=1S/C15H19FN4O/c1-21-15(9-3-2-4-10(15)8-17-7-9)13-11(16)5-6-12-14(13)19-20-18-12/h5-6,9-10,17H,2-4,7-8H2,1H3,(H,18,19,20). The van der Waals surface area contributed by atoms with Crippen LogP contribution < -0.4 is 5.32 Å². The maximum absolute atomic E-state index is 14.7. The van der Waals surface area contributed by atoms with Gasteiger partial charge >= 0.3 is 0 Å². The van der Waals surface area contributed by atoms with Gasteiger partial charge in [-0.25, -0.2) is 4.39 Å². The lowest BCUT2D eigenvalue weighted by atomic mass is 9.62. The molecule has 21 heavy (non-hydrogen) atoms. The molecular weight excluding hydrogens is 271 g/mol. The predicted molar refractivity (Wildman–Crippen MR) is 76.2 cm³/mol. The van der Waals surface area contributed by atoms with Crippen molar-refractivity contribution >= 4 is 11.0 Å². The molecule has 0 radical (unpaired) electrons. The summed E-state index contributed by atoms with van der Waals surface area (Å²) in [4.78, 5) is 0. The number of aromatic amines is 1. The third-order valence-electron chi connectivity index (χ3n) is 5.28. The van der Waals surface area contributed by atoms with Crippen molar-refractivity contribution in [1.29, 1.82) is 0 Å². The van der Waals surface area contributed by atoms with Crippen molar-refractivity contribution in [3.63, 3.8) is 0 Å². The molecule has 1 aromatic carbocycles. The van der Waals surface area contributed by atoms with E-state index < -0.39 is 5.60 Å². The number of hydrogen-bond donors (Lipinski definition) is 2. The maximum atomic E-state index is 14.7. The molecule has 4 rings (SSSR count). The normalized spacial score (nSPS) is 32.5. The van der Waals surface area contributed by atoms with Crippen molar-refractivity contribution in [3.8, 4) is 0 Å². The number of nitrogens with zero attached hydrogens (tertiary/aromatic N) is 2. The Kier molecular flexibility index (Phi) is 2.97. The molecule has 2 unspecified atom stereocenters. The summed E-state index contributed by atoms with van der Waals surface area (Å²) in [6.07, 6.45) is 3.27. The minimum atomic E-state index is -0.593. The molecule has 2 aliphatic rings. The summed E-state index contributed by atoms with van der Waals surface area (Å²) in [6, 6.07) is 3.18. The van der Waals surface area contributed by atoms with Crippen LogP contribution in [0.1, 0.15) is 24.8 Å². The minimum absolute atomic E-state index is 0.239. The quantitative estimate of drug-likeness (QED) is 0.887. The fourth-order valence-corrected chi connectivity index (χ4v) is 4.42. The van der Waals surface area contributed by atoms with E-state index in [1.165, 1.54) is 12.5 Å². The van der Waals surface area contributed by atoms with Gasteiger partial charge in [-0.1, -0.05) is 11.6 Å². The van der Waals surface area contributed by atoms with Crippen molar-refractivity contribution < 1.29 is 9.13 Å². The number of fused-ring (bicyclic) bond motifs is 3. The molecule has 1 aliphatic heterocycles. The van der Waals surface area contributed by atoms with Gasteiger partial charge < -0.3 is 10.1 Å². The molecule has 1 saturated heterocycles. The number of H-pyrrole nitrogens is 1. The second kappa shape index (κ2) is 4.74. The highest BCUT2D eigenvalue weighted by Gasteiger charge is 2.53. The summed E-state index contributed by atoms with van der Waals surface area (Å²) >= 11 is 0. The van der Waals surface area contributed by atoms with Crippen LogP contribution in [0.2, 0.25) is 0 Å². The van der Waals surface area contributed by atoms with Crippen molar-refractivity contribution in [2.45, 2.75) is 24.9 Å². The Morgan fingerprint density at radius 2 is 2.05 bits per heavy atom. The number of benzene rings is 1. The van der Waals surface area contributed by atoms with E-state index in [0.29, 0.717) is 11.1 Å². The predicted octanol–water partition coefficient (Wildman–Crippen LogP) is 1.96. The van der Waals surface area contributed by atoms with E-state index in [1.807, 2.05) is 0 Å². The number of hydrogen-bond acceptors (Lipinski definition) is 4. The third-order valence-corrected chi connectivity index (χ3v) is 5.28. The zero-order chi connectivity index (χ0) is 14.4. The fourth-order valence-electron chi connectivity index (χ4n) is 4.42. The van der Waals surface area contributed by atoms with Crippen LogP contribution in [-0.2, 0) is 10.3 Å². The maximum Gasteiger partial charge on any atom is 0.131 e. The summed E-state index contributed by atoms with van der Waals surface area (Å²) < 4.78 is 20.8. The van der Waals surface area contributed by atoms with Gasteiger partial charge in [0.15, 0.2) is 0 Å². The van der Waals surface area contributed by atoms with Crippen molar-refractivity contribution in [3.05, 3.63) is 23.5 Å². The summed E-state index contributed by atoms with van der Waals surface area (Å²) in [7, 11) is 1.70. The van der Waals surface area contributed by atoms with Gasteiger partial charge in [0.1, 0.15) is 16.9 Å². The molecule has 0 spiro atoms. The number of nitrogens with one attached hydrogen (secondary N) is 2. The Morgan fingerprint density at radius 1 is 1.29 bits per heavy atom. The number of rotatable bonds is 2. The molecule has 112 valence electrons. The Labute approximate surface area is 122 Å². The molecule has 2 aromatic rings. The SMILES string of the molecule is COC1(c2c(F)ccc3[nH]nnc23)C2CCCC1CNC2. The van der Waals surface area contributed by atoms with Crippen LogP contribution in [0.15, 0.2) is 12.1 Å². The molecule has 2 fully saturated rings. The first kappa shape index (κ1) is 13.2. The number of piperidine rings is 1. The lowest BCUT2D eigenvalue weighted by Gasteiger charge is -2.52. The van der Waals surface area contributed by atoms with E-state index in [9.17, 15) is 4.39 Å². The molecule has 1 saturated carbocycles. The molecule has 0 amide bonds. The van der Waals surface area contributed by atoms with E-state index in [1.54, 1.807) is 13.2 Å². The first-order valence-corrected chi connectivity index (χ1v) is 7.53. The molecular formula is C15H19FN4O. The first-order chi connectivity index (χ1) is 10.3. The minimum Gasteiger partial charge on any atom is -0.373 e. The van der Waals surface area contributed by atoms with Crippen LogP contribution in [-0.4, -0.2) is 35.6 Å². The van der Waals surface area contributed by atoms with Crippen LogP contribution in [0.3, 0.4) is 0 Å². The van der Waals surface area contributed by atoms with Gasteiger partial charge in [0.2, 0.25) is 0 Å². The zero-order valence-electron chi connectivity index (χ0n) is 12.0. The van der Waals surface area contributed by atoms with Gasteiger partial charge in [-0.3, -0.25) is 5.10 Å². The topological polar surface area (TPSA) is 62.8 Å². The molecule has 2 N–H and O–H groups in total. The highest BCUT2D eigenvalue weighted by Crippen LogP contribution is 2.51. The van der Waals surface area contributed by atoms with E-state index >= 15 is 0 Å². The van der Waals surface area contributed by atoms with Crippen LogP contribution in [0.4, 0.5) is 4.39 Å². The number of halogens is 1.